The minimum absolute atomic E-state index is 0.0499. The van der Waals surface area contributed by atoms with E-state index in [2.05, 4.69) is 15.4 Å². The third kappa shape index (κ3) is 3.90. The number of nitrogens with zero attached hydrogens (tertiary/aromatic N) is 5. The Bertz CT molecular complexity index is 841. The number of amides is 1. The number of rotatable bonds is 7. The summed E-state index contributed by atoms with van der Waals surface area (Å²) in [7, 11) is 7.46. The van der Waals surface area contributed by atoms with Crippen LogP contribution in [0.5, 0.6) is 0 Å². The van der Waals surface area contributed by atoms with Gasteiger partial charge in [-0.15, -0.1) is 0 Å². The van der Waals surface area contributed by atoms with Crippen LogP contribution in [0.25, 0.3) is 0 Å². The first-order valence-electron chi connectivity index (χ1n) is 9.53. The van der Waals surface area contributed by atoms with Crippen molar-refractivity contribution in [1.29, 1.82) is 0 Å². The van der Waals surface area contributed by atoms with Crippen LogP contribution >= 0.6 is 0 Å². The van der Waals surface area contributed by atoms with Crippen molar-refractivity contribution in [2.75, 3.05) is 32.7 Å². The Balaban J connectivity index is 1.84. The highest BCUT2D eigenvalue weighted by atomic mass is 16.5. The smallest absolute Gasteiger partial charge is 0.270 e. The van der Waals surface area contributed by atoms with Crippen molar-refractivity contribution >= 4 is 11.9 Å². The van der Waals surface area contributed by atoms with Gasteiger partial charge < -0.3 is 24.3 Å². The van der Waals surface area contributed by atoms with E-state index in [1.54, 1.807) is 18.0 Å². The minimum Gasteiger partial charge on any atom is -0.383 e. The molecule has 2 aromatic rings. The summed E-state index contributed by atoms with van der Waals surface area (Å²) >= 11 is 0. The van der Waals surface area contributed by atoms with Crippen LogP contribution in [0.3, 0.4) is 0 Å². The second-order valence-electron chi connectivity index (χ2n) is 7.41. The minimum atomic E-state index is -0.140. The average molecular weight is 390 g/mol. The largest absolute Gasteiger partial charge is 0.383 e. The lowest BCUT2D eigenvalue weighted by molar-refractivity contribution is -0.00716. The molecule has 0 unspecified atom stereocenters. The Morgan fingerprint density at radius 2 is 2.18 bits per heavy atom. The van der Waals surface area contributed by atoms with Crippen molar-refractivity contribution < 1.29 is 14.3 Å². The van der Waals surface area contributed by atoms with Gasteiger partial charge in [-0.2, -0.15) is 5.10 Å². The Morgan fingerprint density at radius 3 is 2.82 bits per heavy atom. The van der Waals surface area contributed by atoms with Crippen molar-refractivity contribution in [1.82, 2.24) is 24.6 Å². The lowest BCUT2D eigenvalue weighted by Gasteiger charge is -2.24. The second kappa shape index (κ2) is 8.32. The molecule has 1 aliphatic rings. The number of aromatic nitrogens is 4. The summed E-state index contributed by atoms with van der Waals surface area (Å²) in [6, 6.07) is 0. The average Bonchev–Trinajstić information content (AvgIpc) is 3.18. The number of carbonyl (C=O) groups excluding carboxylic acids is 1. The number of hydrogen-bond acceptors (Lipinski definition) is 6. The summed E-state index contributed by atoms with van der Waals surface area (Å²) < 4.78 is 14.8. The fourth-order valence-corrected chi connectivity index (χ4v) is 3.66. The quantitative estimate of drug-likeness (QED) is 0.767. The Hall–Kier alpha value is -2.39. The van der Waals surface area contributed by atoms with E-state index in [0.29, 0.717) is 31.8 Å². The highest BCUT2D eigenvalue weighted by Crippen LogP contribution is 2.31. The molecule has 0 saturated carbocycles. The monoisotopic (exact) mass is 390 g/mol. The number of imidazole rings is 1. The molecule has 3 heterocycles. The zero-order chi connectivity index (χ0) is 20.4. The number of fused-ring (bicyclic) bond motifs is 1. The summed E-state index contributed by atoms with van der Waals surface area (Å²) in [5.74, 6) is 0.699. The van der Waals surface area contributed by atoms with Gasteiger partial charge in [0.25, 0.3) is 5.91 Å². The van der Waals surface area contributed by atoms with Crippen LogP contribution in [0.15, 0.2) is 6.20 Å². The Labute approximate surface area is 165 Å². The molecule has 3 rings (SSSR count). The van der Waals surface area contributed by atoms with E-state index in [1.165, 1.54) is 0 Å². The molecule has 1 amide bonds. The summed E-state index contributed by atoms with van der Waals surface area (Å²) in [5.41, 5.74) is 3.34. The molecule has 9 nitrogen and oxygen atoms in total. The first kappa shape index (κ1) is 20.3. The predicted octanol–water partition coefficient (Wildman–Crippen LogP) is 1.28. The van der Waals surface area contributed by atoms with Gasteiger partial charge in [-0.1, -0.05) is 0 Å². The maximum atomic E-state index is 13.1. The molecule has 1 aliphatic heterocycles. The maximum Gasteiger partial charge on any atom is 0.270 e. The first-order valence-corrected chi connectivity index (χ1v) is 9.53. The fraction of sp³-hybridized carbons (Fsp3) is 0.632. The molecule has 1 N–H and O–H groups in total. The van der Waals surface area contributed by atoms with Gasteiger partial charge in [-0.3, -0.25) is 9.48 Å². The number of nitrogens with one attached hydrogen (secondary N) is 1. The van der Waals surface area contributed by atoms with Crippen molar-refractivity contribution in [3.8, 4) is 0 Å². The van der Waals surface area contributed by atoms with E-state index in [9.17, 15) is 4.79 Å². The number of anilines is 1. The van der Waals surface area contributed by atoms with Gasteiger partial charge in [-0.25, -0.2) is 4.98 Å². The summed E-state index contributed by atoms with van der Waals surface area (Å²) in [4.78, 5) is 19.4. The second-order valence-corrected chi connectivity index (χ2v) is 7.41. The third-order valence-corrected chi connectivity index (χ3v) is 5.01. The van der Waals surface area contributed by atoms with Crippen molar-refractivity contribution in [3.05, 3.63) is 28.8 Å². The highest BCUT2D eigenvalue weighted by Gasteiger charge is 2.32. The van der Waals surface area contributed by atoms with Crippen LogP contribution < -0.4 is 10.2 Å². The molecule has 154 valence electrons. The number of ether oxygens (including phenoxy) is 2. The zero-order valence-electron chi connectivity index (χ0n) is 17.5. The van der Waals surface area contributed by atoms with Crippen LogP contribution in [0.1, 0.15) is 47.4 Å². The van der Waals surface area contributed by atoms with E-state index >= 15 is 0 Å². The van der Waals surface area contributed by atoms with E-state index in [0.717, 1.165) is 22.9 Å². The van der Waals surface area contributed by atoms with Crippen molar-refractivity contribution in [3.63, 3.8) is 0 Å². The van der Waals surface area contributed by atoms with E-state index in [-0.39, 0.29) is 18.1 Å². The predicted molar refractivity (Wildman–Crippen MR) is 105 cm³/mol. The molecule has 0 saturated heterocycles. The Kier molecular flexibility index (Phi) is 6.04. The molecule has 0 aromatic carbocycles. The molecule has 2 atom stereocenters. The highest BCUT2D eigenvalue weighted by molar-refractivity contribution is 5.94. The van der Waals surface area contributed by atoms with Gasteiger partial charge in [0.05, 0.1) is 49.5 Å². The Morgan fingerprint density at radius 1 is 1.43 bits per heavy atom. The van der Waals surface area contributed by atoms with Gasteiger partial charge in [0.1, 0.15) is 5.69 Å². The maximum absolute atomic E-state index is 13.1. The van der Waals surface area contributed by atoms with E-state index < -0.39 is 0 Å². The molecule has 0 spiro atoms. The molecular weight excluding hydrogens is 360 g/mol. The van der Waals surface area contributed by atoms with Crippen LogP contribution in [-0.4, -0.2) is 59.2 Å². The molecule has 2 aromatic heterocycles. The normalized spacial score (nSPS) is 18.8. The molecule has 28 heavy (non-hydrogen) atoms. The molecule has 0 aliphatic carbocycles. The SMILES string of the molecule is COCCn1nc2c(c1C(=O)NCc1cnc(N(C)C)n1C)C[C@H](C)O[C@@H]2C. The lowest BCUT2D eigenvalue weighted by atomic mass is 9.99. The van der Waals surface area contributed by atoms with E-state index in [1.807, 2.05) is 44.5 Å². The van der Waals surface area contributed by atoms with Crippen molar-refractivity contribution in [2.24, 2.45) is 7.05 Å². The van der Waals surface area contributed by atoms with Crippen LogP contribution in [0.4, 0.5) is 5.95 Å². The van der Waals surface area contributed by atoms with Gasteiger partial charge in [0.15, 0.2) is 0 Å². The van der Waals surface area contributed by atoms with Gasteiger partial charge in [0, 0.05) is 40.2 Å². The van der Waals surface area contributed by atoms with Crippen LogP contribution in [0.2, 0.25) is 0 Å². The fourth-order valence-electron chi connectivity index (χ4n) is 3.66. The van der Waals surface area contributed by atoms with Gasteiger partial charge in [-0.05, 0) is 13.8 Å². The van der Waals surface area contributed by atoms with Gasteiger partial charge >= 0.3 is 0 Å². The lowest BCUT2D eigenvalue weighted by Crippen LogP contribution is -2.30. The number of hydrogen-bond donors (Lipinski definition) is 1. The molecule has 0 bridgehead atoms. The molecule has 0 radical (unpaired) electrons. The first-order chi connectivity index (χ1) is 13.3. The molecule has 0 fully saturated rings. The molecular formula is C19H30N6O3. The zero-order valence-corrected chi connectivity index (χ0v) is 17.5. The summed E-state index contributed by atoms with van der Waals surface area (Å²) in [6.45, 7) is 5.39. The standard InChI is InChI=1S/C19H30N6O3/c1-12-9-15-16(13(2)28-12)22-25(7-8-27-6)17(15)18(26)20-10-14-11-21-19(23(3)4)24(14)5/h11-13H,7-10H2,1-6H3,(H,20,26)/t12-,13+/m0/s1. The van der Waals surface area contributed by atoms with Crippen molar-refractivity contribution in [2.45, 2.75) is 45.6 Å². The summed E-state index contributed by atoms with van der Waals surface area (Å²) in [6.07, 6.45) is 2.37. The molecule has 9 heteroatoms. The number of carbonyl (C=O) groups is 1. The van der Waals surface area contributed by atoms with Crippen LogP contribution in [-0.2, 0) is 36.0 Å². The van der Waals surface area contributed by atoms with Crippen LogP contribution in [0, 0.1) is 0 Å². The van der Waals surface area contributed by atoms with Gasteiger partial charge in [0.2, 0.25) is 5.95 Å². The topological polar surface area (TPSA) is 86.4 Å². The van der Waals surface area contributed by atoms with E-state index in [4.69, 9.17) is 9.47 Å². The third-order valence-electron chi connectivity index (χ3n) is 5.01. The summed E-state index contributed by atoms with van der Waals surface area (Å²) in [5, 5.41) is 7.68. The number of methoxy groups -OCH3 is 1.